The molecule has 0 amide bonds. The minimum Gasteiger partial charge on any atom is -0.352 e. The normalized spacial score (nSPS) is 19.1. The summed E-state index contributed by atoms with van der Waals surface area (Å²) in [6.07, 6.45) is 1.85. The van der Waals surface area contributed by atoms with Crippen molar-refractivity contribution < 1.29 is 0 Å². The van der Waals surface area contributed by atoms with Gasteiger partial charge >= 0.3 is 0 Å². The number of hydrogen-bond donors (Lipinski definition) is 1. The third kappa shape index (κ3) is 2.90. The molecule has 3 aromatic rings. The van der Waals surface area contributed by atoms with Crippen molar-refractivity contribution in [1.82, 2.24) is 19.8 Å². The number of pyridine rings is 1. The monoisotopic (exact) mass is 390 g/mol. The van der Waals surface area contributed by atoms with Crippen molar-refractivity contribution >= 4 is 17.3 Å². The molecule has 4 nitrogen and oxygen atoms in total. The molecule has 2 aromatic heterocycles. The van der Waals surface area contributed by atoms with E-state index in [0.717, 1.165) is 17.4 Å². The fraction of sp³-hybridized carbons (Fsp3) is 0.304. The Kier molecular flexibility index (Phi) is 4.94. The summed E-state index contributed by atoms with van der Waals surface area (Å²) in [4.78, 5) is 6.92. The van der Waals surface area contributed by atoms with E-state index in [1.165, 1.54) is 28.2 Å². The Hall–Kier alpha value is -2.66. The van der Waals surface area contributed by atoms with Crippen LogP contribution in [-0.4, -0.2) is 26.1 Å². The van der Waals surface area contributed by atoms with Crippen molar-refractivity contribution in [2.24, 2.45) is 0 Å². The van der Waals surface area contributed by atoms with E-state index in [2.05, 4.69) is 83.9 Å². The zero-order valence-electron chi connectivity index (χ0n) is 16.8. The van der Waals surface area contributed by atoms with Crippen LogP contribution in [-0.2, 0) is 0 Å². The summed E-state index contributed by atoms with van der Waals surface area (Å²) in [5.74, 6) is 0. The summed E-state index contributed by atoms with van der Waals surface area (Å²) in [5, 5.41) is 4.33. The van der Waals surface area contributed by atoms with Crippen LogP contribution in [0.4, 0.5) is 0 Å². The summed E-state index contributed by atoms with van der Waals surface area (Å²) in [5.41, 5.74) is 7.40. The zero-order valence-corrected chi connectivity index (χ0v) is 17.6. The van der Waals surface area contributed by atoms with E-state index >= 15 is 0 Å². The van der Waals surface area contributed by atoms with Crippen LogP contribution in [0.1, 0.15) is 47.2 Å². The molecule has 3 heterocycles. The maximum Gasteiger partial charge on any atom is 0.170 e. The highest BCUT2D eigenvalue weighted by Gasteiger charge is 2.41. The van der Waals surface area contributed by atoms with Gasteiger partial charge in [0.1, 0.15) is 0 Å². The molecule has 4 rings (SSSR count). The van der Waals surface area contributed by atoms with Gasteiger partial charge in [-0.05, 0) is 69.7 Å². The van der Waals surface area contributed by atoms with E-state index < -0.39 is 0 Å². The maximum atomic E-state index is 5.69. The molecular weight excluding hydrogens is 364 g/mol. The molecule has 1 aliphatic heterocycles. The average Bonchev–Trinajstić information content (AvgIpc) is 3.16. The molecule has 0 radical (unpaired) electrons. The predicted molar refractivity (Wildman–Crippen MR) is 118 cm³/mol. The number of thiocarbonyl (C=S) groups is 1. The van der Waals surface area contributed by atoms with Gasteiger partial charge in [-0.15, -0.1) is 0 Å². The minimum absolute atomic E-state index is 0.0390. The third-order valence-electron chi connectivity index (χ3n) is 5.86. The Balaban J connectivity index is 1.89. The molecule has 144 valence electrons. The van der Waals surface area contributed by atoms with E-state index in [0.29, 0.717) is 0 Å². The van der Waals surface area contributed by atoms with Crippen molar-refractivity contribution in [3.8, 4) is 5.69 Å². The first-order chi connectivity index (χ1) is 13.5. The van der Waals surface area contributed by atoms with E-state index in [4.69, 9.17) is 12.2 Å². The van der Waals surface area contributed by atoms with Crippen LogP contribution in [0.25, 0.3) is 5.69 Å². The van der Waals surface area contributed by atoms with Crippen LogP contribution in [0.2, 0.25) is 0 Å². The van der Waals surface area contributed by atoms with Gasteiger partial charge in [0.15, 0.2) is 5.11 Å². The van der Waals surface area contributed by atoms with E-state index in [-0.39, 0.29) is 12.1 Å². The van der Waals surface area contributed by atoms with Gasteiger partial charge in [-0.25, -0.2) is 0 Å². The highest BCUT2D eigenvalue weighted by atomic mass is 32.1. The second-order valence-corrected chi connectivity index (χ2v) is 7.68. The van der Waals surface area contributed by atoms with Gasteiger partial charge in [-0.2, -0.15) is 0 Å². The van der Waals surface area contributed by atoms with Crippen LogP contribution in [0.15, 0.2) is 54.7 Å². The molecule has 0 aliphatic carbocycles. The van der Waals surface area contributed by atoms with Gasteiger partial charge in [0.25, 0.3) is 0 Å². The van der Waals surface area contributed by atoms with Crippen LogP contribution in [0.3, 0.4) is 0 Å². The Morgan fingerprint density at radius 2 is 1.71 bits per heavy atom. The van der Waals surface area contributed by atoms with Gasteiger partial charge in [0.05, 0.1) is 17.8 Å². The summed E-state index contributed by atoms with van der Waals surface area (Å²) < 4.78 is 2.36. The van der Waals surface area contributed by atoms with Crippen molar-refractivity contribution in [3.05, 3.63) is 82.9 Å². The molecule has 0 saturated carbocycles. The quantitative estimate of drug-likeness (QED) is 0.650. The Morgan fingerprint density at radius 3 is 2.36 bits per heavy atom. The third-order valence-corrected chi connectivity index (χ3v) is 6.21. The lowest BCUT2D eigenvalue weighted by Gasteiger charge is -2.27. The molecule has 1 aromatic carbocycles. The lowest BCUT2D eigenvalue weighted by atomic mass is 9.93. The van der Waals surface area contributed by atoms with Crippen LogP contribution in [0.5, 0.6) is 0 Å². The number of likely N-dealkylation sites (N-methyl/N-ethyl adjacent to an activating group) is 1. The Bertz CT molecular complexity index is 994. The molecule has 2 atom stereocenters. The minimum atomic E-state index is 0.0390. The molecule has 5 heteroatoms. The van der Waals surface area contributed by atoms with E-state index in [9.17, 15) is 0 Å². The first-order valence-corrected chi connectivity index (χ1v) is 10.2. The van der Waals surface area contributed by atoms with Crippen molar-refractivity contribution in [1.29, 1.82) is 0 Å². The highest BCUT2D eigenvalue weighted by molar-refractivity contribution is 7.80. The number of aromatic nitrogens is 2. The molecule has 28 heavy (non-hydrogen) atoms. The summed E-state index contributed by atoms with van der Waals surface area (Å²) >= 11 is 5.69. The molecular formula is C23H26N4S. The first-order valence-electron chi connectivity index (χ1n) is 9.76. The molecule has 1 N–H and O–H groups in total. The van der Waals surface area contributed by atoms with Crippen LogP contribution >= 0.6 is 12.2 Å². The SMILES string of the molecule is CCN1C(=S)NC(c2ccccn2)C1c1c(C)c(C)n(-c2ccccc2)c1C. The van der Waals surface area contributed by atoms with Crippen LogP contribution in [0, 0.1) is 20.8 Å². The second kappa shape index (κ2) is 7.40. The maximum absolute atomic E-state index is 5.69. The Morgan fingerprint density at radius 1 is 1.00 bits per heavy atom. The largest absolute Gasteiger partial charge is 0.352 e. The number of nitrogens with zero attached hydrogens (tertiary/aromatic N) is 3. The van der Waals surface area contributed by atoms with E-state index in [1.807, 2.05) is 18.3 Å². The smallest absolute Gasteiger partial charge is 0.170 e. The predicted octanol–water partition coefficient (Wildman–Crippen LogP) is 4.79. The molecule has 1 fully saturated rings. The van der Waals surface area contributed by atoms with Crippen molar-refractivity contribution in [2.75, 3.05) is 6.54 Å². The first kappa shape index (κ1) is 18.7. The van der Waals surface area contributed by atoms with Crippen molar-refractivity contribution in [3.63, 3.8) is 0 Å². The molecule has 1 saturated heterocycles. The Labute approximate surface area is 172 Å². The second-order valence-electron chi connectivity index (χ2n) is 7.29. The molecule has 0 bridgehead atoms. The van der Waals surface area contributed by atoms with E-state index in [1.54, 1.807) is 0 Å². The topological polar surface area (TPSA) is 33.1 Å². The summed E-state index contributed by atoms with van der Waals surface area (Å²) in [7, 11) is 0. The zero-order chi connectivity index (χ0) is 19.8. The van der Waals surface area contributed by atoms with Gasteiger partial charge in [0.2, 0.25) is 0 Å². The number of para-hydroxylation sites is 1. The fourth-order valence-electron chi connectivity index (χ4n) is 4.47. The number of nitrogens with one attached hydrogen (secondary N) is 1. The number of benzene rings is 1. The van der Waals surface area contributed by atoms with Gasteiger partial charge in [-0.3, -0.25) is 4.98 Å². The van der Waals surface area contributed by atoms with Crippen molar-refractivity contribution in [2.45, 2.75) is 39.8 Å². The highest BCUT2D eigenvalue weighted by Crippen LogP contribution is 2.43. The van der Waals surface area contributed by atoms with Gasteiger partial charge in [-0.1, -0.05) is 24.3 Å². The number of rotatable bonds is 4. The lowest BCUT2D eigenvalue weighted by molar-refractivity contribution is 0.328. The fourth-order valence-corrected chi connectivity index (χ4v) is 4.84. The molecule has 0 spiro atoms. The number of hydrogen-bond acceptors (Lipinski definition) is 2. The summed E-state index contributed by atoms with van der Waals surface area (Å²) in [6.45, 7) is 9.65. The molecule has 1 aliphatic rings. The lowest BCUT2D eigenvalue weighted by Crippen LogP contribution is -2.29. The standard InChI is InChI=1S/C23H26N4S/c1-5-26-22(21(25-23(26)28)19-13-9-10-14-24-19)20-15(2)16(3)27(17(20)4)18-11-7-6-8-12-18/h6-14,21-22H,5H2,1-4H3,(H,25,28). The summed E-state index contributed by atoms with van der Waals surface area (Å²) in [6, 6.07) is 16.8. The van der Waals surface area contributed by atoms with Crippen LogP contribution < -0.4 is 5.32 Å². The molecule has 2 unspecified atom stereocenters. The average molecular weight is 391 g/mol. The van der Waals surface area contributed by atoms with Gasteiger partial charge < -0.3 is 14.8 Å². The van der Waals surface area contributed by atoms with Gasteiger partial charge in [0, 0.05) is 35.4 Å².